The lowest BCUT2D eigenvalue weighted by Gasteiger charge is -2.30. The minimum atomic E-state index is 0.383. The molecule has 4 heteroatoms. The van der Waals surface area contributed by atoms with Gasteiger partial charge in [0.2, 0.25) is 0 Å². The highest BCUT2D eigenvalue weighted by atomic mass is 15.3. The molecule has 0 spiro atoms. The van der Waals surface area contributed by atoms with Crippen molar-refractivity contribution in [3.8, 4) is 0 Å². The molecular formula is C17H32N4. The smallest absolute Gasteiger partial charge is 0.0644 e. The van der Waals surface area contributed by atoms with E-state index in [1.807, 2.05) is 0 Å². The third-order valence-corrected chi connectivity index (χ3v) is 4.92. The number of hydrogen-bond acceptors (Lipinski definition) is 3. The van der Waals surface area contributed by atoms with Gasteiger partial charge in [-0.15, -0.1) is 0 Å². The van der Waals surface area contributed by atoms with E-state index in [0.717, 1.165) is 25.6 Å². The topological polar surface area (TPSA) is 33.1 Å². The number of piperidine rings is 1. The summed E-state index contributed by atoms with van der Waals surface area (Å²) >= 11 is 0. The second kappa shape index (κ2) is 7.41. The summed E-state index contributed by atoms with van der Waals surface area (Å²) in [6.45, 7) is 16.8. The Morgan fingerprint density at radius 2 is 1.95 bits per heavy atom. The Labute approximate surface area is 129 Å². The van der Waals surface area contributed by atoms with E-state index in [9.17, 15) is 0 Å². The first-order chi connectivity index (χ1) is 10.0. The molecule has 1 aliphatic rings. The molecule has 1 N–H and O–H groups in total. The fourth-order valence-electron chi connectivity index (χ4n) is 3.47. The first-order valence-electron chi connectivity index (χ1n) is 8.52. The summed E-state index contributed by atoms with van der Waals surface area (Å²) in [4.78, 5) is 2.59. The minimum Gasteiger partial charge on any atom is -0.309 e. The van der Waals surface area contributed by atoms with Crippen molar-refractivity contribution in [3.63, 3.8) is 0 Å². The fraction of sp³-hybridized carbons (Fsp3) is 0.824. The van der Waals surface area contributed by atoms with Gasteiger partial charge >= 0.3 is 0 Å². The highest BCUT2D eigenvalue weighted by Crippen LogP contribution is 2.21. The molecule has 1 unspecified atom stereocenters. The number of rotatable bonds is 6. The molecule has 4 nitrogen and oxygen atoms in total. The summed E-state index contributed by atoms with van der Waals surface area (Å²) in [5.74, 6) is 0.915. The Morgan fingerprint density at radius 3 is 2.52 bits per heavy atom. The molecule has 120 valence electrons. The molecule has 21 heavy (non-hydrogen) atoms. The van der Waals surface area contributed by atoms with E-state index in [2.05, 4.69) is 54.6 Å². The van der Waals surface area contributed by atoms with Crippen LogP contribution >= 0.6 is 0 Å². The van der Waals surface area contributed by atoms with Gasteiger partial charge in [0.1, 0.15) is 0 Å². The molecule has 1 aromatic rings. The zero-order valence-electron chi connectivity index (χ0n) is 14.4. The molecule has 2 rings (SSSR count). The third-order valence-electron chi connectivity index (χ3n) is 4.92. The van der Waals surface area contributed by atoms with Crippen molar-refractivity contribution >= 4 is 0 Å². The Bertz CT molecular complexity index is 444. The second-order valence-electron chi connectivity index (χ2n) is 6.60. The third kappa shape index (κ3) is 4.07. The molecule has 1 aromatic heterocycles. The van der Waals surface area contributed by atoms with E-state index in [-0.39, 0.29) is 0 Å². The summed E-state index contributed by atoms with van der Waals surface area (Å²) in [5.41, 5.74) is 3.85. The quantitative estimate of drug-likeness (QED) is 0.875. The number of likely N-dealkylation sites (tertiary alicyclic amines) is 1. The molecule has 2 heterocycles. The number of hydrogen-bond donors (Lipinski definition) is 1. The van der Waals surface area contributed by atoms with Crippen LogP contribution in [0.3, 0.4) is 0 Å². The lowest BCUT2D eigenvalue weighted by molar-refractivity contribution is 0.191. The first-order valence-corrected chi connectivity index (χ1v) is 8.52. The van der Waals surface area contributed by atoms with Gasteiger partial charge in [0.05, 0.1) is 5.69 Å². The molecule has 1 aliphatic heterocycles. The molecule has 0 radical (unpaired) electrons. The van der Waals surface area contributed by atoms with Crippen LogP contribution in [0.1, 0.15) is 56.6 Å². The fourth-order valence-corrected chi connectivity index (χ4v) is 3.47. The van der Waals surface area contributed by atoms with Gasteiger partial charge in [-0.1, -0.05) is 6.92 Å². The van der Waals surface area contributed by atoms with E-state index >= 15 is 0 Å². The Hall–Kier alpha value is -0.870. The van der Waals surface area contributed by atoms with E-state index in [0.29, 0.717) is 6.04 Å². The van der Waals surface area contributed by atoms with Crippen LogP contribution in [0, 0.1) is 19.8 Å². The monoisotopic (exact) mass is 292 g/mol. The van der Waals surface area contributed by atoms with Gasteiger partial charge in [0.15, 0.2) is 0 Å². The van der Waals surface area contributed by atoms with Crippen LogP contribution < -0.4 is 5.32 Å². The summed E-state index contributed by atoms with van der Waals surface area (Å²) < 4.78 is 2.11. The predicted octanol–water partition coefficient (Wildman–Crippen LogP) is 2.90. The minimum absolute atomic E-state index is 0.383. The summed E-state index contributed by atoms with van der Waals surface area (Å²) in [6, 6.07) is 0.383. The maximum atomic E-state index is 4.62. The van der Waals surface area contributed by atoms with Crippen molar-refractivity contribution in [2.45, 2.75) is 60.0 Å². The van der Waals surface area contributed by atoms with Crippen molar-refractivity contribution < 1.29 is 0 Å². The average molecular weight is 292 g/mol. The summed E-state index contributed by atoms with van der Waals surface area (Å²) in [6.07, 6.45) is 2.72. The standard InChI is InChI=1S/C17H32N4/c1-6-21-16(5)17(15(4)19-21)14(3)18-9-12-20-10-7-13(2)8-11-20/h13-14,18H,6-12H2,1-5H3. The van der Waals surface area contributed by atoms with E-state index in [1.54, 1.807) is 0 Å². The van der Waals surface area contributed by atoms with E-state index in [4.69, 9.17) is 0 Å². The SMILES string of the molecule is CCn1nc(C)c(C(C)NCCN2CCC(C)CC2)c1C. The Kier molecular flexibility index (Phi) is 5.82. The number of nitrogens with zero attached hydrogens (tertiary/aromatic N) is 3. The van der Waals surface area contributed by atoms with Crippen molar-refractivity contribution in [1.82, 2.24) is 20.0 Å². The van der Waals surface area contributed by atoms with E-state index < -0.39 is 0 Å². The van der Waals surface area contributed by atoms with Gasteiger partial charge in [0.25, 0.3) is 0 Å². The predicted molar refractivity (Wildman–Crippen MR) is 88.6 cm³/mol. The highest BCUT2D eigenvalue weighted by Gasteiger charge is 2.18. The van der Waals surface area contributed by atoms with Crippen LogP contribution in [0.4, 0.5) is 0 Å². The van der Waals surface area contributed by atoms with Crippen LogP contribution in [-0.2, 0) is 6.54 Å². The lowest BCUT2D eigenvalue weighted by Crippen LogP contribution is -2.38. The van der Waals surface area contributed by atoms with Gasteiger partial charge in [-0.05, 0) is 59.5 Å². The van der Waals surface area contributed by atoms with Crippen LogP contribution in [0.5, 0.6) is 0 Å². The number of aromatic nitrogens is 2. The van der Waals surface area contributed by atoms with Crippen molar-refractivity contribution in [1.29, 1.82) is 0 Å². The van der Waals surface area contributed by atoms with Gasteiger partial charge in [-0.2, -0.15) is 5.10 Å². The van der Waals surface area contributed by atoms with Gasteiger partial charge in [0, 0.05) is 36.9 Å². The average Bonchev–Trinajstić information content (AvgIpc) is 2.75. The first kappa shape index (κ1) is 16.5. The van der Waals surface area contributed by atoms with Crippen LogP contribution in [0.2, 0.25) is 0 Å². The largest absolute Gasteiger partial charge is 0.309 e. The molecule has 0 amide bonds. The molecule has 0 saturated carbocycles. The molecule has 1 atom stereocenters. The van der Waals surface area contributed by atoms with Gasteiger partial charge in [-0.3, -0.25) is 4.68 Å². The maximum absolute atomic E-state index is 4.62. The van der Waals surface area contributed by atoms with Crippen molar-refractivity contribution in [2.24, 2.45) is 5.92 Å². The number of aryl methyl sites for hydroxylation is 2. The summed E-state index contributed by atoms with van der Waals surface area (Å²) in [7, 11) is 0. The van der Waals surface area contributed by atoms with Crippen molar-refractivity contribution in [3.05, 3.63) is 17.0 Å². The van der Waals surface area contributed by atoms with E-state index in [1.165, 1.54) is 42.9 Å². The zero-order chi connectivity index (χ0) is 15.4. The van der Waals surface area contributed by atoms with Gasteiger partial charge < -0.3 is 10.2 Å². The van der Waals surface area contributed by atoms with Crippen LogP contribution in [0.15, 0.2) is 0 Å². The molecule has 0 aliphatic carbocycles. The van der Waals surface area contributed by atoms with Crippen LogP contribution in [-0.4, -0.2) is 40.9 Å². The maximum Gasteiger partial charge on any atom is 0.0644 e. The summed E-state index contributed by atoms with van der Waals surface area (Å²) in [5, 5.41) is 8.30. The number of nitrogens with one attached hydrogen (secondary N) is 1. The normalized spacial score (nSPS) is 19.1. The highest BCUT2D eigenvalue weighted by molar-refractivity contribution is 5.27. The van der Waals surface area contributed by atoms with Gasteiger partial charge in [-0.25, -0.2) is 0 Å². The molecule has 0 bridgehead atoms. The molecule has 0 aromatic carbocycles. The zero-order valence-corrected chi connectivity index (χ0v) is 14.4. The Morgan fingerprint density at radius 1 is 1.29 bits per heavy atom. The molecular weight excluding hydrogens is 260 g/mol. The molecule has 1 saturated heterocycles. The Balaban J connectivity index is 1.82. The van der Waals surface area contributed by atoms with Crippen LogP contribution in [0.25, 0.3) is 0 Å². The molecule has 1 fully saturated rings. The van der Waals surface area contributed by atoms with Crippen molar-refractivity contribution in [2.75, 3.05) is 26.2 Å². The second-order valence-corrected chi connectivity index (χ2v) is 6.60. The lowest BCUT2D eigenvalue weighted by atomic mass is 9.99.